The van der Waals surface area contributed by atoms with E-state index in [2.05, 4.69) is 11.6 Å². The number of hydrogen-bond acceptors (Lipinski definition) is 2. The minimum absolute atomic E-state index is 0.290. The van der Waals surface area contributed by atoms with Gasteiger partial charge >= 0.3 is 0 Å². The van der Waals surface area contributed by atoms with Gasteiger partial charge in [0.2, 0.25) is 0 Å². The van der Waals surface area contributed by atoms with Crippen LogP contribution >= 0.6 is 0 Å². The van der Waals surface area contributed by atoms with Crippen LogP contribution in [0.2, 0.25) is 0 Å². The maximum Gasteiger partial charge on any atom is 0.279 e. The van der Waals surface area contributed by atoms with E-state index in [4.69, 9.17) is 0 Å². The van der Waals surface area contributed by atoms with Crippen molar-refractivity contribution >= 4 is 10.2 Å². The molecule has 0 saturated carbocycles. The van der Waals surface area contributed by atoms with Crippen molar-refractivity contribution in [2.75, 3.05) is 19.6 Å². The summed E-state index contributed by atoms with van der Waals surface area (Å²) in [6, 6.07) is 6.23. The van der Waals surface area contributed by atoms with Crippen LogP contribution in [0, 0.1) is 11.7 Å². The third-order valence-electron chi connectivity index (χ3n) is 3.67. The third-order valence-corrected chi connectivity index (χ3v) is 5.28. The van der Waals surface area contributed by atoms with E-state index in [1.165, 1.54) is 16.4 Å². The predicted molar refractivity (Wildman–Crippen MR) is 77.0 cm³/mol. The maximum atomic E-state index is 13.0. The molecule has 4 nitrogen and oxygen atoms in total. The highest BCUT2D eigenvalue weighted by atomic mass is 32.2. The van der Waals surface area contributed by atoms with Crippen molar-refractivity contribution in [2.45, 2.75) is 26.2 Å². The van der Waals surface area contributed by atoms with E-state index < -0.39 is 10.2 Å². The molecule has 112 valence electrons. The van der Waals surface area contributed by atoms with Gasteiger partial charge in [0.15, 0.2) is 0 Å². The Morgan fingerprint density at radius 2 is 2.05 bits per heavy atom. The zero-order valence-electron chi connectivity index (χ0n) is 11.7. The van der Waals surface area contributed by atoms with Gasteiger partial charge < -0.3 is 0 Å². The first-order valence-corrected chi connectivity index (χ1v) is 8.40. The van der Waals surface area contributed by atoms with Crippen LogP contribution in [-0.4, -0.2) is 32.4 Å². The molecule has 0 unspecified atom stereocenters. The molecule has 6 heteroatoms. The van der Waals surface area contributed by atoms with Crippen molar-refractivity contribution in [3.05, 3.63) is 35.6 Å². The molecule has 1 aromatic rings. The summed E-state index contributed by atoms with van der Waals surface area (Å²) < 4.78 is 41.3. The fourth-order valence-corrected chi connectivity index (χ4v) is 3.57. The van der Waals surface area contributed by atoms with Gasteiger partial charge in [-0.05, 0) is 42.9 Å². The lowest BCUT2D eigenvalue weighted by Crippen LogP contribution is -2.45. The molecule has 1 fully saturated rings. The van der Waals surface area contributed by atoms with Gasteiger partial charge in [0.25, 0.3) is 10.2 Å². The van der Waals surface area contributed by atoms with Crippen LogP contribution in [0.4, 0.5) is 4.39 Å². The number of halogens is 1. The van der Waals surface area contributed by atoms with Gasteiger partial charge in [0.05, 0.1) is 0 Å². The molecule has 0 atom stereocenters. The number of benzene rings is 1. The maximum absolute atomic E-state index is 13.0. The summed E-state index contributed by atoms with van der Waals surface area (Å²) in [5.74, 6) is 0.295. The highest BCUT2D eigenvalue weighted by Gasteiger charge is 2.25. The molecule has 0 bridgehead atoms. The second kappa shape index (κ2) is 6.65. The Kier molecular flexibility index (Phi) is 5.12. The average molecular weight is 300 g/mol. The van der Waals surface area contributed by atoms with Crippen LogP contribution in [0.1, 0.15) is 25.3 Å². The SMILES string of the molecule is CC1CCN(S(=O)(=O)NCCc2cccc(F)c2)CC1. The van der Waals surface area contributed by atoms with E-state index in [1.807, 2.05) is 0 Å². The van der Waals surface area contributed by atoms with Crippen molar-refractivity contribution in [1.29, 1.82) is 0 Å². The lowest BCUT2D eigenvalue weighted by Gasteiger charge is -2.29. The Morgan fingerprint density at radius 3 is 2.70 bits per heavy atom. The van der Waals surface area contributed by atoms with Crippen LogP contribution in [0.5, 0.6) is 0 Å². The molecule has 0 radical (unpaired) electrons. The van der Waals surface area contributed by atoms with Crippen molar-refractivity contribution in [1.82, 2.24) is 9.03 Å². The second-order valence-corrected chi connectivity index (χ2v) is 7.12. The summed E-state index contributed by atoms with van der Waals surface area (Å²) >= 11 is 0. The second-order valence-electron chi connectivity index (χ2n) is 5.36. The summed E-state index contributed by atoms with van der Waals surface area (Å²) in [7, 11) is -3.40. The Labute approximate surface area is 120 Å². The summed E-state index contributed by atoms with van der Waals surface area (Å²) in [6.07, 6.45) is 2.30. The van der Waals surface area contributed by atoms with Crippen LogP contribution in [0.15, 0.2) is 24.3 Å². The number of nitrogens with one attached hydrogen (secondary N) is 1. The monoisotopic (exact) mass is 300 g/mol. The summed E-state index contributed by atoms with van der Waals surface area (Å²) in [5, 5.41) is 0. The fourth-order valence-electron chi connectivity index (χ4n) is 2.33. The van der Waals surface area contributed by atoms with Crippen LogP contribution in [0.3, 0.4) is 0 Å². The molecule has 0 spiro atoms. The summed E-state index contributed by atoms with van der Waals surface area (Å²) in [5.41, 5.74) is 0.792. The van der Waals surface area contributed by atoms with Crippen molar-refractivity contribution in [3.63, 3.8) is 0 Å². The molecule has 0 aliphatic carbocycles. The zero-order valence-corrected chi connectivity index (χ0v) is 12.5. The Morgan fingerprint density at radius 1 is 1.35 bits per heavy atom. The van der Waals surface area contributed by atoms with Gasteiger partial charge in [-0.3, -0.25) is 0 Å². The third kappa shape index (κ3) is 4.26. The molecule has 20 heavy (non-hydrogen) atoms. The molecular formula is C14H21FN2O2S. The van der Waals surface area contributed by atoms with E-state index >= 15 is 0 Å². The molecule has 1 saturated heterocycles. The van der Waals surface area contributed by atoms with Crippen molar-refractivity contribution in [3.8, 4) is 0 Å². The number of piperidine rings is 1. The van der Waals surface area contributed by atoms with Crippen LogP contribution in [-0.2, 0) is 16.6 Å². The smallest absolute Gasteiger partial charge is 0.207 e. The standard InChI is InChI=1S/C14H21FN2O2S/c1-12-6-9-17(10-7-12)20(18,19)16-8-5-13-3-2-4-14(15)11-13/h2-4,11-12,16H,5-10H2,1H3. The van der Waals surface area contributed by atoms with E-state index in [1.54, 1.807) is 12.1 Å². The number of hydrogen-bond donors (Lipinski definition) is 1. The van der Waals surface area contributed by atoms with Gasteiger partial charge in [0, 0.05) is 19.6 Å². The lowest BCUT2D eigenvalue weighted by atomic mass is 10.0. The first-order chi connectivity index (χ1) is 9.47. The van der Waals surface area contributed by atoms with Gasteiger partial charge in [-0.2, -0.15) is 12.7 Å². The topological polar surface area (TPSA) is 49.4 Å². The molecule has 1 aromatic carbocycles. The largest absolute Gasteiger partial charge is 0.279 e. The normalized spacial score (nSPS) is 18.3. The first kappa shape index (κ1) is 15.4. The average Bonchev–Trinajstić information content (AvgIpc) is 2.39. The van der Waals surface area contributed by atoms with E-state index in [9.17, 15) is 12.8 Å². The highest BCUT2D eigenvalue weighted by molar-refractivity contribution is 7.87. The van der Waals surface area contributed by atoms with Gasteiger partial charge in [-0.25, -0.2) is 9.11 Å². The van der Waals surface area contributed by atoms with Gasteiger partial charge in [0.1, 0.15) is 5.82 Å². The van der Waals surface area contributed by atoms with Crippen LogP contribution < -0.4 is 4.72 Å². The molecule has 1 aliphatic heterocycles. The Balaban J connectivity index is 1.83. The predicted octanol–water partition coefficient (Wildman–Crippen LogP) is 1.93. The number of nitrogens with zero attached hydrogens (tertiary/aromatic N) is 1. The molecular weight excluding hydrogens is 279 g/mol. The Hall–Kier alpha value is -0.980. The highest BCUT2D eigenvalue weighted by Crippen LogP contribution is 2.17. The molecule has 1 aliphatic rings. The fraction of sp³-hybridized carbons (Fsp3) is 0.571. The molecule has 2 rings (SSSR count). The molecule has 0 aromatic heterocycles. The minimum Gasteiger partial charge on any atom is -0.207 e. The molecule has 0 amide bonds. The van der Waals surface area contributed by atoms with Crippen LogP contribution in [0.25, 0.3) is 0 Å². The van der Waals surface area contributed by atoms with Gasteiger partial charge in [-0.15, -0.1) is 0 Å². The first-order valence-electron chi connectivity index (χ1n) is 6.96. The molecule has 1 heterocycles. The zero-order chi connectivity index (χ0) is 14.6. The van der Waals surface area contributed by atoms with Crippen molar-refractivity contribution in [2.24, 2.45) is 5.92 Å². The minimum atomic E-state index is -3.40. The van der Waals surface area contributed by atoms with E-state index in [0.717, 1.165) is 18.4 Å². The summed E-state index contributed by atoms with van der Waals surface area (Å²) in [6.45, 7) is 3.59. The van der Waals surface area contributed by atoms with Gasteiger partial charge in [-0.1, -0.05) is 19.1 Å². The lowest BCUT2D eigenvalue weighted by molar-refractivity contribution is 0.285. The molecule has 1 N–H and O–H groups in total. The number of rotatable bonds is 5. The van der Waals surface area contributed by atoms with E-state index in [-0.39, 0.29) is 12.4 Å². The van der Waals surface area contributed by atoms with Crippen molar-refractivity contribution < 1.29 is 12.8 Å². The van der Waals surface area contributed by atoms with E-state index in [0.29, 0.717) is 25.4 Å². The Bertz CT molecular complexity index is 540. The summed E-state index contributed by atoms with van der Waals surface area (Å²) in [4.78, 5) is 0. The quantitative estimate of drug-likeness (QED) is 0.903.